The lowest BCUT2D eigenvalue weighted by molar-refractivity contribution is 0.132. The SMILES string of the molecule is Cc1ccc(C2(NC(=O)N3CCN(Cc4ccccc4)CC3)CC2)cc1. The molecular weight excluding hydrogens is 322 g/mol. The molecule has 0 aromatic heterocycles. The van der Waals surface area contributed by atoms with Crippen LogP contribution in [0.15, 0.2) is 54.6 Å². The Labute approximate surface area is 155 Å². The van der Waals surface area contributed by atoms with Crippen LogP contribution in [-0.4, -0.2) is 42.0 Å². The molecule has 1 aliphatic heterocycles. The minimum absolute atomic E-state index is 0.0856. The zero-order valence-corrected chi connectivity index (χ0v) is 15.4. The molecule has 2 aromatic carbocycles. The number of carbonyl (C=O) groups is 1. The van der Waals surface area contributed by atoms with Crippen molar-refractivity contribution in [2.24, 2.45) is 0 Å². The van der Waals surface area contributed by atoms with Crippen LogP contribution in [0.2, 0.25) is 0 Å². The normalized spacial score (nSPS) is 19.2. The first kappa shape index (κ1) is 17.1. The maximum atomic E-state index is 12.8. The van der Waals surface area contributed by atoms with Gasteiger partial charge in [-0.2, -0.15) is 0 Å². The summed E-state index contributed by atoms with van der Waals surface area (Å²) in [6, 6.07) is 19.2. The molecule has 1 saturated heterocycles. The van der Waals surface area contributed by atoms with Crippen molar-refractivity contribution < 1.29 is 4.79 Å². The number of piperazine rings is 1. The maximum absolute atomic E-state index is 12.8. The fraction of sp³-hybridized carbons (Fsp3) is 0.409. The molecule has 4 nitrogen and oxygen atoms in total. The molecule has 0 atom stereocenters. The Balaban J connectivity index is 1.30. The predicted molar refractivity (Wildman–Crippen MR) is 104 cm³/mol. The second-order valence-corrected chi connectivity index (χ2v) is 7.63. The average molecular weight is 349 g/mol. The molecule has 0 unspecified atom stereocenters. The van der Waals surface area contributed by atoms with E-state index in [9.17, 15) is 4.79 Å². The largest absolute Gasteiger partial charge is 0.328 e. The van der Waals surface area contributed by atoms with Gasteiger partial charge in [0.1, 0.15) is 0 Å². The highest BCUT2D eigenvalue weighted by Gasteiger charge is 2.46. The van der Waals surface area contributed by atoms with Gasteiger partial charge in [0.15, 0.2) is 0 Å². The molecule has 2 amide bonds. The summed E-state index contributed by atoms with van der Waals surface area (Å²) in [5.74, 6) is 0. The van der Waals surface area contributed by atoms with Crippen LogP contribution in [0.5, 0.6) is 0 Å². The van der Waals surface area contributed by atoms with Gasteiger partial charge in [-0.05, 0) is 30.9 Å². The van der Waals surface area contributed by atoms with E-state index in [1.54, 1.807) is 0 Å². The molecule has 2 aliphatic rings. The third-order valence-corrected chi connectivity index (χ3v) is 5.61. The van der Waals surface area contributed by atoms with Crippen molar-refractivity contribution in [1.82, 2.24) is 15.1 Å². The number of nitrogens with one attached hydrogen (secondary N) is 1. The third kappa shape index (κ3) is 3.75. The Morgan fingerprint density at radius 3 is 2.23 bits per heavy atom. The van der Waals surface area contributed by atoms with Gasteiger partial charge in [-0.1, -0.05) is 60.2 Å². The van der Waals surface area contributed by atoms with Gasteiger partial charge in [0.25, 0.3) is 0 Å². The third-order valence-electron chi connectivity index (χ3n) is 5.61. The van der Waals surface area contributed by atoms with Gasteiger partial charge in [0.2, 0.25) is 0 Å². The van der Waals surface area contributed by atoms with Crippen molar-refractivity contribution in [2.75, 3.05) is 26.2 Å². The van der Waals surface area contributed by atoms with Crippen LogP contribution < -0.4 is 5.32 Å². The Kier molecular flexibility index (Phi) is 4.68. The average Bonchev–Trinajstić information content (AvgIpc) is 3.44. The molecule has 136 valence electrons. The molecule has 1 aliphatic carbocycles. The van der Waals surface area contributed by atoms with E-state index in [0.29, 0.717) is 0 Å². The number of carbonyl (C=O) groups excluding carboxylic acids is 1. The molecular formula is C22H27N3O. The van der Waals surface area contributed by atoms with E-state index < -0.39 is 0 Å². The minimum Gasteiger partial charge on any atom is -0.328 e. The van der Waals surface area contributed by atoms with Gasteiger partial charge in [0.05, 0.1) is 5.54 Å². The second kappa shape index (κ2) is 7.12. The summed E-state index contributed by atoms with van der Waals surface area (Å²) >= 11 is 0. The minimum atomic E-state index is -0.133. The summed E-state index contributed by atoms with van der Waals surface area (Å²) < 4.78 is 0. The number of hydrogen-bond acceptors (Lipinski definition) is 2. The Morgan fingerprint density at radius 1 is 0.962 bits per heavy atom. The number of rotatable bonds is 4. The maximum Gasteiger partial charge on any atom is 0.318 e. The number of urea groups is 1. The Bertz CT molecular complexity index is 745. The van der Waals surface area contributed by atoms with Crippen molar-refractivity contribution in [3.05, 3.63) is 71.3 Å². The fourth-order valence-electron chi connectivity index (χ4n) is 3.72. The van der Waals surface area contributed by atoms with E-state index in [-0.39, 0.29) is 11.6 Å². The first-order chi connectivity index (χ1) is 12.6. The van der Waals surface area contributed by atoms with E-state index in [0.717, 1.165) is 45.6 Å². The Hall–Kier alpha value is -2.33. The van der Waals surface area contributed by atoms with E-state index in [1.807, 2.05) is 11.0 Å². The molecule has 4 rings (SSSR count). The molecule has 1 heterocycles. The van der Waals surface area contributed by atoms with E-state index in [2.05, 4.69) is 65.7 Å². The van der Waals surface area contributed by atoms with Crippen molar-refractivity contribution >= 4 is 6.03 Å². The summed E-state index contributed by atoms with van der Waals surface area (Å²) in [5, 5.41) is 3.31. The van der Waals surface area contributed by atoms with Crippen LogP contribution in [0, 0.1) is 6.92 Å². The van der Waals surface area contributed by atoms with E-state index >= 15 is 0 Å². The highest BCUT2D eigenvalue weighted by Crippen LogP contribution is 2.45. The number of hydrogen-bond donors (Lipinski definition) is 1. The zero-order valence-electron chi connectivity index (χ0n) is 15.4. The summed E-state index contributed by atoms with van der Waals surface area (Å²) in [7, 11) is 0. The molecule has 0 radical (unpaired) electrons. The number of nitrogens with zero attached hydrogens (tertiary/aromatic N) is 2. The van der Waals surface area contributed by atoms with Crippen molar-refractivity contribution in [3.63, 3.8) is 0 Å². The van der Waals surface area contributed by atoms with Crippen LogP contribution >= 0.6 is 0 Å². The monoisotopic (exact) mass is 349 g/mol. The first-order valence-electron chi connectivity index (χ1n) is 9.55. The molecule has 4 heteroatoms. The summed E-state index contributed by atoms with van der Waals surface area (Å²) in [4.78, 5) is 17.1. The molecule has 1 N–H and O–H groups in total. The van der Waals surface area contributed by atoms with Crippen LogP contribution in [0.4, 0.5) is 4.79 Å². The van der Waals surface area contributed by atoms with Crippen molar-refractivity contribution in [1.29, 1.82) is 0 Å². The molecule has 1 saturated carbocycles. The van der Waals surface area contributed by atoms with Gasteiger partial charge >= 0.3 is 6.03 Å². The van der Waals surface area contributed by atoms with Crippen LogP contribution in [0.1, 0.15) is 29.5 Å². The Morgan fingerprint density at radius 2 is 1.62 bits per heavy atom. The van der Waals surface area contributed by atoms with Crippen LogP contribution in [0.3, 0.4) is 0 Å². The topological polar surface area (TPSA) is 35.6 Å². The molecule has 0 spiro atoms. The summed E-state index contributed by atoms with van der Waals surface area (Å²) in [6.07, 6.45) is 2.07. The van der Waals surface area contributed by atoms with Gasteiger partial charge in [-0.25, -0.2) is 4.79 Å². The molecule has 26 heavy (non-hydrogen) atoms. The van der Waals surface area contributed by atoms with Crippen LogP contribution in [0.25, 0.3) is 0 Å². The first-order valence-corrected chi connectivity index (χ1v) is 9.55. The molecule has 2 aromatic rings. The number of amides is 2. The summed E-state index contributed by atoms with van der Waals surface area (Å²) in [6.45, 7) is 6.51. The molecule has 0 bridgehead atoms. The van der Waals surface area contributed by atoms with Gasteiger partial charge < -0.3 is 10.2 Å². The predicted octanol–water partition coefficient (Wildman–Crippen LogP) is 3.51. The number of benzene rings is 2. The smallest absolute Gasteiger partial charge is 0.318 e. The van der Waals surface area contributed by atoms with Crippen molar-refractivity contribution in [2.45, 2.75) is 31.8 Å². The fourth-order valence-corrected chi connectivity index (χ4v) is 3.72. The standard InChI is InChI=1S/C22H27N3O/c1-18-7-9-20(10-8-18)22(11-12-22)23-21(26)25-15-13-24(14-16-25)17-19-5-3-2-4-6-19/h2-10H,11-17H2,1H3,(H,23,26). The quantitative estimate of drug-likeness (QED) is 0.917. The van der Waals surface area contributed by atoms with E-state index in [1.165, 1.54) is 16.7 Å². The summed E-state index contributed by atoms with van der Waals surface area (Å²) in [5.41, 5.74) is 3.69. The van der Waals surface area contributed by atoms with E-state index in [4.69, 9.17) is 0 Å². The zero-order chi connectivity index (χ0) is 18.0. The number of aryl methyl sites for hydroxylation is 1. The van der Waals surface area contributed by atoms with Gasteiger partial charge in [0, 0.05) is 32.7 Å². The second-order valence-electron chi connectivity index (χ2n) is 7.63. The van der Waals surface area contributed by atoms with Crippen molar-refractivity contribution in [3.8, 4) is 0 Å². The van der Waals surface area contributed by atoms with Gasteiger partial charge in [-0.3, -0.25) is 4.90 Å². The van der Waals surface area contributed by atoms with Gasteiger partial charge in [-0.15, -0.1) is 0 Å². The molecule has 2 fully saturated rings. The highest BCUT2D eigenvalue weighted by atomic mass is 16.2. The highest BCUT2D eigenvalue weighted by molar-refractivity contribution is 5.76. The van der Waals surface area contributed by atoms with Crippen LogP contribution in [-0.2, 0) is 12.1 Å². The lowest BCUT2D eigenvalue weighted by atomic mass is 10.0. The lowest BCUT2D eigenvalue weighted by Gasteiger charge is -2.35. The lowest BCUT2D eigenvalue weighted by Crippen LogP contribution is -2.53.